The van der Waals surface area contributed by atoms with Crippen LogP contribution >= 0.6 is 0 Å². The second-order valence-corrected chi connectivity index (χ2v) is 7.89. The molecule has 7 heteroatoms. The first kappa shape index (κ1) is 20.3. The number of nitrogens with one attached hydrogen (secondary N) is 1. The standard InChI is InChI=1S/C23H26FN3O3/c1-2-11-25-23(30)26-12-19-22(20(14-28)27(19)21(29)13-26)17-5-3-15(4-6-17)16-7-9-18(24)10-8-16/h3-10,19-20,22,28H,2,11-14H2,1H3,(H,25,30)/t19-,20+,22+/m1/s1. The Morgan fingerprint density at radius 3 is 2.37 bits per heavy atom. The van der Waals surface area contributed by atoms with Crippen molar-refractivity contribution in [2.75, 3.05) is 26.2 Å². The summed E-state index contributed by atoms with van der Waals surface area (Å²) in [7, 11) is 0. The van der Waals surface area contributed by atoms with Gasteiger partial charge in [-0.05, 0) is 35.2 Å². The van der Waals surface area contributed by atoms with Gasteiger partial charge in [0, 0.05) is 19.0 Å². The van der Waals surface area contributed by atoms with Crippen molar-refractivity contribution >= 4 is 11.9 Å². The summed E-state index contributed by atoms with van der Waals surface area (Å²) in [5, 5.41) is 12.7. The highest BCUT2D eigenvalue weighted by Gasteiger charge is 2.54. The number of piperazine rings is 1. The van der Waals surface area contributed by atoms with Crippen LogP contribution in [-0.2, 0) is 4.79 Å². The number of rotatable bonds is 5. The number of urea groups is 1. The minimum absolute atomic E-state index is 0.0389. The van der Waals surface area contributed by atoms with E-state index in [1.165, 1.54) is 12.1 Å². The number of carbonyl (C=O) groups is 2. The third-order valence-corrected chi connectivity index (χ3v) is 6.04. The van der Waals surface area contributed by atoms with E-state index in [9.17, 15) is 19.1 Å². The van der Waals surface area contributed by atoms with E-state index < -0.39 is 0 Å². The summed E-state index contributed by atoms with van der Waals surface area (Å²) < 4.78 is 13.2. The van der Waals surface area contributed by atoms with Gasteiger partial charge in [0.2, 0.25) is 5.91 Å². The first-order valence-electron chi connectivity index (χ1n) is 10.3. The van der Waals surface area contributed by atoms with Crippen molar-refractivity contribution in [2.24, 2.45) is 0 Å². The van der Waals surface area contributed by atoms with Crippen LogP contribution in [0.2, 0.25) is 0 Å². The van der Waals surface area contributed by atoms with Crippen molar-refractivity contribution in [1.29, 1.82) is 0 Å². The molecule has 2 fully saturated rings. The van der Waals surface area contributed by atoms with Gasteiger partial charge in [-0.2, -0.15) is 0 Å². The maximum atomic E-state index is 13.2. The first-order chi connectivity index (χ1) is 14.5. The number of fused-ring (bicyclic) bond motifs is 1. The number of hydrogen-bond acceptors (Lipinski definition) is 3. The van der Waals surface area contributed by atoms with Crippen LogP contribution in [0.4, 0.5) is 9.18 Å². The zero-order chi connectivity index (χ0) is 21.3. The van der Waals surface area contributed by atoms with Crippen molar-refractivity contribution in [3.05, 3.63) is 59.9 Å². The Hall–Kier alpha value is -2.93. The summed E-state index contributed by atoms with van der Waals surface area (Å²) in [5.74, 6) is -0.440. The summed E-state index contributed by atoms with van der Waals surface area (Å²) >= 11 is 0. The van der Waals surface area contributed by atoms with Gasteiger partial charge in [-0.3, -0.25) is 4.79 Å². The second kappa shape index (κ2) is 8.44. The Kier molecular flexibility index (Phi) is 5.72. The molecule has 3 amide bonds. The van der Waals surface area contributed by atoms with Gasteiger partial charge in [0.25, 0.3) is 0 Å². The zero-order valence-electron chi connectivity index (χ0n) is 16.9. The highest BCUT2D eigenvalue weighted by molar-refractivity contribution is 5.87. The largest absolute Gasteiger partial charge is 0.394 e. The lowest BCUT2D eigenvalue weighted by molar-refractivity contribution is -0.159. The molecule has 158 valence electrons. The third kappa shape index (κ3) is 3.65. The SMILES string of the molecule is CCCNC(=O)N1CC(=O)N2[C@H](C1)[C@H](c1ccc(-c3ccc(F)cc3)cc1)[C@@H]2CO. The molecule has 2 aromatic rings. The lowest BCUT2D eigenvalue weighted by Gasteiger charge is -2.58. The molecule has 0 aliphatic carbocycles. The number of aliphatic hydroxyl groups is 1. The summed E-state index contributed by atoms with van der Waals surface area (Å²) in [6, 6.07) is 13.6. The van der Waals surface area contributed by atoms with Crippen LogP contribution in [0.15, 0.2) is 48.5 Å². The van der Waals surface area contributed by atoms with Crippen LogP contribution < -0.4 is 5.32 Å². The van der Waals surface area contributed by atoms with Crippen molar-refractivity contribution in [3.63, 3.8) is 0 Å². The quantitative estimate of drug-likeness (QED) is 0.794. The molecule has 6 nitrogen and oxygen atoms in total. The number of carbonyl (C=O) groups excluding carboxylic acids is 2. The predicted octanol–water partition coefficient (Wildman–Crippen LogP) is 2.58. The Balaban J connectivity index is 1.53. The molecule has 3 atom stereocenters. The van der Waals surface area contributed by atoms with Crippen molar-refractivity contribution in [1.82, 2.24) is 15.1 Å². The van der Waals surface area contributed by atoms with Crippen LogP contribution in [0.25, 0.3) is 11.1 Å². The van der Waals surface area contributed by atoms with Crippen molar-refractivity contribution < 1.29 is 19.1 Å². The maximum Gasteiger partial charge on any atom is 0.317 e. The molecule has 0 spiro atoms. The molecule has 0 aromatic heterocycles. The average molecular weight is 411 g/mol. The van der Waals surface area contributed by atoms with E-state index in [4.69, 9.17) is 0 Å². The number of nitrogens with zero attached hydrogens (tertiary/aromatic N) is 2. The molecule has 0 saturated carbocycles. The molecule has 30 heavy (non-hydrogen) atoms. The Morgan fingerprint density at radius 2 is 1.77 bits per heavy atom. The molecule has 2 saturated heterocycles. The molecule has 0 unspecified atom stereocenters. The molecule has 0 bridgehead atoms. The van der Waals surface area contributed by atoms with Gasteiger partial charge in [0.15, 0.2) is 0 Å². The topological polar surface area (TPSA) is 72.9 Å². The van der Waals surface area contributed by atoms with E-state index >= 15 is 0 Å². The predicted molar refractivity (Wildman–Crippen MR) is 111 cm³/mol. The number of amides is 3. The molecular formula is C23H26FN3O3. The molecule has 0 radical (unpaired) electrons. The van der Waals surface area contributed by atoms with E-state index in [-0.39, 0.29) is 48.9 Å². The minimum atomic E-state index is -0.278. The highest BCUT2D eigenvalue weighted by atomic mass is 19.1. The fourth-order valence-electron chi connectivity index (χ4n) is 4.54. The first-order valence-corrected chi connectivity index (χ1v) is 10.3. The van der Waals surface area contributed by atoms with Crippen molar-refractivity contribution in [3.8, 4) is 11.1 Å². The van der Waals surface area contributed by atoms with Gasteiger partial charge in [-0.15, -0.1) is 0 Å². The molecule has 2 heterocycles. The lowest BCUT2D eigenvalue weighted by Crippen LogP contribution is -2.73. The smallest absolute Gasteiger partial charge is 0.317 e. The van der Waals surface area contributed by atoms with E-state index in [1.807, 2.05) is 31.2 Å². The molecular weight excluding hydrogens is 385 g/mol. The molecule has 2 N–H and O–H groups in total. The number of aliphatic hydroxyl groups excluding tert-OH is 1. The van der Waals surface area contributed by atoms with Gasteiger partial charge in [-0.1, -0.05) is 43.3 Å². The monoisotopic (exact) mass is 411 g/mol. The van der Waals surface area contributed by atoms with Crippen LogP contribution in [0.5, 0.6) is 0 Å². The van der Waals surface area contributed by atoms with Crippen molar-refractivity contribution in [2.45, 2.75) is 31.3 Å². The number of halogens is 1. The Labute approximate surface area is 175 Å². The van der Waals surface area contributed by atoms with Gasteiger partial charge >= 0.3 is 6.03 Å². The van der Waals surface area contributed by atoms with Gasteiger partial charge in [-0.25, -0.2) is 9.18 Å². The van der Waals surface area contributed by atoms with E-state index in [0.717, 1.165) is 23.1 Å². The molecule has 2 aliphatic rings. The van der Waals surface area contributed by atoms with E-state index in [0.29, 0.717) is 13.1 Å². The summed E-state index contributed by atoms with van der Waals surface area (Å²) in [6.45, 7) is 2.92. The summed E-state index contributed by atoms with van der Waals surface area (Å²) in [6.07, 6.45) is 0.832. The van der Waals surface area contributed by atoms with Crippen LogP contribution in [-0.4, -0.2) is 65.2 Å². The van der Waals surface area contributed by atoms with Gasteiger partial charge < -0.3 is 20.2 Å². The van der Waals surface area contributed by atoms with Crippen LogP contribution in [0.1, 0.15) is 24.8 Å². The van der Waals surface area contributed by atoms with E-state index in [1.54, 1.807) is 21.9 Å². The Bertz CT molecular complexity index is 916. The third-order valence-electron chi connectivity index (χ3n) is 6.04. The minimum Gasteiger partial charge on any atom is -0.394 e. The average Bonchev–Trinajstić information content (AvgIpc) is 2.74. The summed E-state index contributed by atoms with van der Waals surface area (Å²) in [5.41, 5.74) is 2.91. The van der Waals surface area contributed by atoms with Crippen LogP contribution in [0.3, 0.4) is 0 Å². The fourth-order valence-corrected chi connectivity index (χ4v) is 4.54. The normalized spacial score (nSPS) is 23.0. The molecule has 4 rings (SSSR count). The van der Waals surface area contributed by atoms with E-state index in [2.05, 4.69) is 5.32 Å². The number of benzene rings is 2. The summed E-state index contributed by atoms with van der Waals surface area (Å²) in [4.78, 5) is 28.3. The zero-order valence-corrected chi connectivity index (χ0v) is 16.9. The van der Waals surface area contributed by atoms with Gasteiger partial charge in [0.1, 0.15) is 12.4 Å². The Morgan fingerprint density at radius 1 is 1.13 bits per heavy atom. The van der Waals surface area contributed by atoms with Crippen LogP contribution in [0, 0.1) is 5.82 Å². The second-order valence-electron chi connectivity index (χ2n) is 7.89. The molecule has 2 aromatic carbocycles. The maximum absolute atomic E-state index is 13.2. The highest BCUT2D eigenvalue weighted by Crippen LogP contribution is 2.43. The number of hydrogen-bond donors (Lipinski definition) is 2. The fraction of sp³-hybridized carbons (Fsp3) is 0.391. The molecule has 2 aliphatic heterocycles. The lowest BCUT2D eigenvalue weighted by atomic mass is 9.73. The van der Waals surface area contributed by atoms with Gasteiger partial charge in [0.05, 0.1) is 18.7 Å².